The molecular weight excluding hydrogens is 455 g/mol. The lowest BCUT2D eigenvalue weighted by molar-refractivity contribution is -0.137. The highest BCUT2D eigenvalue weighted by molar-refractivity contribution is 7.99. The van der Waals surface area contributed by atoms with Crippen molar-refractivity contribution in [2.45, 2.75) is 43.1 Å². The highest BCUT2D eigenvalue weighted by Crippen LogP contribution is 2.34. The number of thioether (sulfide) groups is 1. The maximum absolute atomic E-state index is 12.8. The zero-order valence-corrected chi connectivity index (χ0v) is 18.1. The molecule has 31 heavy (non-hydrogen) atoms. The lowest BCUT2D eigenvalue weighted by Gasteiger charge is -2.35. The van der Waals surface area contributed by atoms with E-state index in [9.17, 15) is 18.0 Å². The molecule has 0 bridgehead atoms. The maximum Gasteiger partial charge on any atom is 0.417 e. The summed E-state index contributed by atoms with van der Waals surface area (Å²) in [6.07, 6.45) is 0.717. The Hall–Kier alpha value is -2.08. The number of carbonyl (C=O) groups is 1. The average molecular weight is 476 g/mol. The van der Waals surface area contributed by atoms with Crippen molar-refractivity contribution in [1.82, 2.24) is 30.1 Å². The first-order valence-electron chi connectivity index (χ1n) is 9.99. The molecule has 0 atom stereocenters. The normalized spacial score (nSPS) is 18.1. The van der Waals surface area contributed by atoms with E-state index in [1.165, 1.54) is 11.8 Å². The molecule has 2 aliphatic rings. The van der Waals surface area contributed by atoms with E-state index >= 15 is 0 Å². The zero-order valence-electron chi connectivity index (χ0n) is 16.6. The standard InChI is InChI=1S/C18H21ClF3N7OS/c19-14-9-12(18(20,21)22)10-23-16(14)28-7-5-27(6-8-28)15(30)11-31-17-24-25-26-29(17)13-3-1-2-4-13/h9-10,13H,1-8,11H2. The van der Waals surface area contributed by atoms with Gasteiger partial charge in [0.2, 0.25) is 11.1 Å². The molecule has 2 aromatic heterocycles. The predicted molar refractivity (Wildman–Crippen MR) is 109 cm³/mol. The van der Waals surface area contributed by atoms with Gasteiger partial charge < -0.3 is 9.80 Å². The second kappa shape index (κ2) is 9.19. The lowest BCUT2D eigenvalue weighted by Crippen LogP contribution is -2.49. The van der Waals surface area contributed by atoms with Gasteiger partial charge in [-0.3, -0.25) is 4.79 Å². The van der Waals surface area contributed by atoms with Crippen molar-refractivity contribution in [3.63, 3.8) is 0 Å². The minimum absolute atomic E-state index is 0.0305. The number of alkyl halides is 3. The molecule has 8 nitrogen and oxygen atoms in total. The van der Waals surface area contributed by atoms with Crippen molar-refractivity contribution in [2.24, 2.45) is 0 Å². The summed E-state index contributed by atoms with van der Waals surface area (Å²) in [5.74, 6) is 0.496. The third-order valence-corrected chi connectivity index (χ3v) is 6.74. The molecule has 2 aromatic rings. The predicted octanol–water partition coefficient (Wildman–Crippen LogP) is 3.30. The van der Waals surface area contributed by atoms with Gasteiger partial charge in [0.25, 0.3) is 0 Å². The number of hydrogen-bond acceptors (Lipinski definition) is 7. The first kappa shape index (κ1) is 22.1. The van der Waals surface area contributed by atoms with Gasteiger partial charge >= 0.3 is 6.18 Å². The van der Waals surface area contributed by atoms with Crippen LogP contribution in [-0.4, -0.2) is 67.9 Å². The van der Waals surface area contributed by atoms with Crippen LogP contribution in [-0.2, 0) is 11.0 Å². The summed E-state index contributed by atoms with van der Waals surface area (Å²) in [5.41, 5.74) is -0.882. The smallest absolute Gasteiger partial charge is 0.352 e. The molecule has 1 aliphatic heterocycles. The molecular formula is C18H21ClF3N7OS. The SMILES string of the molecule is O=C(CSc1nnnn1C1CCCC1)N1CCN(c2ncc(C(F)(F)F)cc2Cl)CC1. The number of halogens is 4. The average Bonchev–Trinajstić information content (AvgIpc) is 3.43. The van der Waals surface area contributed by atoms with Crippen LogP contribution < -0.4 is 4.90 Å². The van der Waals surface area contributed by atoms with Gasteiger partial charge in [-0.05, 0) is 29.3 Å². The van der Waals surface area contributed by atoms with Gasteiger partial charge in [-0.25, -0.2) is 9.67 Å². The molecule has 0 unspecified atom stereocenters. The summed E-state index contributed by atoms with van der Waals surface area (Å²) in [6, 6.07) is 1.18. The van der Waals surface area contributed by atoms with Crippen LogP contribution in [0.3, 0.4) is 0 Å². The van der Waals surface area contributed by atoms with E-state index in [1.807, 2.05) is 4.68 Å². The fourth-order valence-electron chi connectivity index (χ4n) is 3.86. The number of hydrogen-bond donors (Lipinski definition) is 0. The minimum Gasteiger partial charge on any atom is -0.352 e. The van der Waals surface area contributed by atoms with Gasteiger partial charge in [0, 0.05) is 32.4 Å². The van der Waals surface area contributed by atoms with Gasteiger partial charge in [-0.15, -0.1) is 5.10 Å². The first-order valence-corrected chi connectivity index (χ1v) is 11.4. The van der Waals surface area contributed by atoms with Crippen LogP contribution in [0.1, 0.15) is 37.3 Å². The monoisotopic (exact) mass is 475 g/mol. The van der Waals surface area contributed by atoms with E-state index < -0.39 is 11.7 Å². The zero-order chi connectivity index (χ0) is 22.0. The number of nitrogens with zero attached hydrogens (tertiary/aromatic N) is 7. The third-order valence-electron chi connectivity index (χ3n) is 5.54. The molecule has 13 heteroatoms. The van der Waals surface area contributed by atoms with Crippen LogP contribution in [0.25, 0.3) is 0 Å². The summed E-state index contributed by atoms with van der Waals surface area (Å²) in [6.45, 7) is 1.75. The fraction of sp³-hybridized carbons (Fsp3) is 0.611. The molecule has 168 valence electrons. The van der Waals surface area contributed by atoms with E-state index in [-0.39, 0.29) is 16.7 Å². The summed E-state index contributed by atoms with van der Waals surface area (Å²) in [7, 11) is 0. The van der Waals surface area contributed by atoms with Gasteiger partial charge in [-0.1, -0.05) is 36.2 Å². The summed E-state index contributed by atoms with van der Waals surface area (Å²) >= 11 is 7.36. The van der Waals surface area contributed by atoms with Gasteiger partial charge in [-0.2, -0.15) is 13.2 Å². The summed E-state index contributed by atoms with van der Waals surface area (Å²) in [5, 5.41) is 12.5. The molecule has 0 N–H and O–H groups in total. The Morgan fingerprint density at radius 3 is 2.55 bits per heavy atom. The Bertz CT molecular complexity index is 927. The molecule has 1 amide bonds. The largest absolute Gasteiger partial charge is 0.417 e. The van der Waals surface area contributed by atoms with Crippen LogP contribution in [0.2, 0.25) is 5.02 Å². The number of carbonyl (C=O) groups excluding carboxylic acids is 1. The van der Waals surface area contributed by atoms with Crippen molar-refractivity contribution >= 4 is 35.1 Å². The van der Waals surface area contributed by atoms with Crippen LogP contribution in [0.15, 0.2) is 17.4 Å². The van der Waals surface area contributed by atoms with Crippen LogP contribution >= 0.6 is 23.4 Å². The van der Waals surface area contributed by atoms with E-state index in [2.05, 4.69) is 20.5 Å². The molecule has 0 spiro atoms. The maximum atomic E-state index is 12.8. The topological polar surface area (TPSA) is 80.0 Å². The summed E-state index contributed by atoms with van der Waals surface area (Å²) < 4.78 is 40.2. The van der Waals surface area contributed by atoms with E-state index in [1.54, 1.807) is 9.80 Å². The minimum atomic E-state index is -4.49. The Morgan fingerprint density at radius 2 is 1.90 bits per heavy atom. The Kier molecular flexibility index (Phi) is 6.56. The molecule has 1 saturated carbocycles. The van der Waals surface area contributed by atoms with Crippen molar-refractivity contribution < 1.29 is 18.0 Å². The van der Waals surface area contributed by atoms with Gasteiger partial charge in [0.1, 0.15) is 5.82 Å². The fourth-order valence-corrected chi connectivity index (χ4v) is 5.00. The van der Waals surface area contributed by atoms with Crippen LogP contribution in [0, 0.1) is 0 Å². The molecule has 1 saturated heterocycles. The highest BCUT2D eigenvalue weighted by Gasteiger charge is 2.32. The first-order chi connectivity index (χ1) is 14.8. The van der Waals surface area contributed by atoms with Crippen molar-refractivity contribution in [3.05, 3.63) is 22.8 Å². The second-order valence-corrected chi connectivity index (χ2v) is 8.88. The number of tetrazole rings is 1. The highest BCUT2D eigenvalue weighted by atomic mass is 35.5. The third kappa shape index (κ3) is 5.05. The Morgan fingerprint density at radius 1 is 1.19 bits per heavy atom. The quantitative estimate of drug-likeness (QED) is 0.614. The number of rotatable bonds is 5. The van der Waals surface area contributed by atoms with Crippen LogP contribution in [0.5, 0.6) is 0 Å². The van der Waals surface area contributed by atoms with Crippen LogP contribution in [0.4, 0.5) is 19.0 Å². The molecule has 3 heterocycles. The van der Waals surface area contributed by atoms with E-state index in [0.717, 1.165) is 37.9 Å². The number of piperazine rings is 1. The van der Waals surface area contributed by atoms with Gasteiger partial charge in [0.05, 0.1) is 22.4 Å². The number of aromatic nitrogens is 5. The number of amides is 1. The Balaban J connectivity index is 1.30. The van der Waals surface area contributed by atoms with Crippen molar-refractivity contribution in [2.75, 3.05) is 36.8 Å². The molecule has 0 radical (unpaired) electrons. The lowest BCUT2D eigenvalue weighted by atomic mass is 10.2. The van der Waals surface area contributed by atoms with Gasteiger partial charge in [0.15, 0.2) is 0 Å². The van der Waals surface area contributed by atoms with Crippen molar-refractivity contribution in [3.8, 4) is 0 Å². The molecule has 2 fully saturated rings. The second-order valence-electron chi connectivity index (χ2n) is 7.53. The number of anilines is 1. The number of pyridine rings is 1. The molecule has 0 aromatic carbocycles. The van der Waals surface area contributed by atoms with Crippen molar-refractivity contribution in [1.29, 1.82) is 0 Å². The summed E-state index contributed by atoms with van der Waals surface area (Å²) in [4.78, 5) is 20.0. The Labute approximate surface area is 186 Å². The van der Waals surface area contributed by atoms with E-state index in [4.69, 9.17) is 11.6 Å². The molecule has 1 aliphatic carbocycles. The van der Waals surface area contributed by atoms with E-state index in [0.29, 0.717) is 43.2 Å². The molecule has 4 rings (SSSR count).